The summed E-state index contributed by atoms with van der Waals surface area (Å²) in [6, 6.07) is 14.5. The minimum Gasteiger partial charge on any atom is -0.494 e. The Morgan fingerprint density at radius 1 is 1.03 bits per heavy atom. The molecule has 0 aromatic heterocycles. The van der Waals surface area contributed by atoms with Gasteiger partial charge in [-0.15, -0.1) is 0 Å². The van der Waals surface area contributed by atoms with Crippen molar-refractivity contribution in [3.05, 3.63) is 59.9 Å². The third-order valence-electron chi connectivity index (χ3n) is 6.03. The van der Waals surface area contributed by atoms with Gasteiger partial charge >= 0.3 is 0 Å². The molecule has 2 aromatic rings. The number of hydrogen-bond acceptors (Lipinski definition) is 5. The summed E-state index contributed by atoms with van der Waals surface area (Å²) in [7, 11) is 0. The molecule has 0 bridgehead atoms. The maximum absolute atomic E-state index is 13.1. The van der Waals surface area contributed by atoms with Crippen LogP contribution in [-0.4, -0.2) is 49.6 Å². The van der Waals surface area contributed by atoms with Gasteiger partial charge < -0.3 is 14.5 Å². The van der Waals surface area contributed by atoms with Gasteiger partial charge in [0, 0.05) is 37.9 Å². The molecule has 31 heavy (non-hydrogen) atoms. The van der Waals surface area contributed by atoms with Crippen LogP contribution in [0, 0.1) is 5.82 Å². The third-order valence-corrected chi connectivity index (χ3v) is 6.03. The molecule has 2 fully saturated rings. The maximum atomic E-state index is 13.1. The van der Waals surface area contributed by atoms with E-state index in [0.717, 1.165) is 49.5 Å². The predicted octanol–water partition coefficient (Wildman–Crippen LogP) is 3.26. The van der Waals surface area contributed by atoms with Gasteiger partial charge in [0.25, 0.3) is 0 Å². The van der Waals surface area contributed by atoms with Gasteiger partial charge in [0.2, 0.25) is 5.91 Å². The molecule has 2 heterocycles. The molecule has 0 aliphatic carbocycles. The van der Waals surface area contributed by atoms with Crippen LogP contribution in [0.2, 0.25) is 0 Å². The number of nitrogens with zero attached hydrogens (tertiary/aromatic N) is 2. The number of hydrogen-bond donors (Lipinski definition) is 2. The summed E-state index contributed by atoms with van der Waals surface area (Å²) in [4.78, 5) is 17.1. The smallest absolute Gasteiger partial charge is 0.241 e. The Morgan fingerprint density at radius 3 is 2.42 bits per heavy atom. The lowest BCUT2D eigenvalue weighted by Gasteiger charge is -2.37. The standard InChI is InChI=1S/C24H31FN4O2/c1-2-3-16-31-21-10-4-18(5-11-21)22-17-23(27-26-22)24(30)29-14-12-28(13-15-29)20-8-6-19(25)7-9-20/h4-11,22-23,26-27H,2-3,12-17H2,1H3. The monoisotopic (exact) mass is 426 g/mol. The molecule has 7 heteroatoms. The van der Waals surface area contributed by atoms with Gasteiger partial charge in [-0.05, 0) is 54.8 Å². The number of carbonyl (C=O) groups excluding carboxylic acids is 1. The maximum Gasteiger partial charge on any atom is 0.241 e. The van der Waals surface area contributed by atoms with Crippen LogP contribution in [0.15, 0.2) is 48.5 Å². The van der Waals surface area contributed by atoms with E-state index in [4.69, 9.17) is 4.74 Å². The Hall–Kier alpha value is -2.64. The van der Waals surface area contributed by atoms with Gasteiger partial charge in [-0.1, -0.05) is 25.5 Å². The topological polar surface area (TPSA) is 56.8 Å². The van der Waals surface area contributed by atoms with Crippen molar-refractivity contribution < 1.29 is 13.9 Å². The first-order valence-electron chi connectivity index (χ1n) is 11.2. The van der Waals surface area contributed by atoms with Crippen LogP contribution in [0.4, 0.5) is 10.1 Å². The Kier molecular flexibility index (Phi) is 7.04. The fourth-order valence-electron chi connectivity index (χ4n) is 4.12. The Labute approximate surface area is 183 Å². The molecule has 166 valence electrons. The van der Waals surface area contributed by atoms with E-state index in [1.54, 1.807) is 12.1 Å². The van der Waals surface area contributed by atoms with Crippen molar-refractivity contribution >= 4 is 11.6 Å². The van der Waals surface area contributed by atoms with Gasteiger partial charge in [-0.3, -0.25) is 4.79 Å². The Bertz CT molecular complexity index is 851. The number of hydrazine groups is 1. The second-order valence-corrected chi connectivity index (χ2v) is 8.19. The first kappa shape index (κ1) is 21.6. The van der Waals surface area contributed by atoms with Crippen LogP contribution in [0.1, 0.15) is 37.8 Å². The van der Waals surface area contributed by atoms with Crippen molar-refractivity contribution in [3.63, 3.8) is 0 Å². The highest BCUT2D eigenvalue weighted by molar-refractivity contribution is 5.82. The molecule has 2 saturated heterocycles. The van der Waals surface area contributed by atoms with E-state index in [-0.39, 0.29) is 23.8 Å². The number of piperazine rings is 1. The summed E-state index contributed by atoms with van der Waals surface area (Å²) in [5.74, 6) is 0.786. The van der Waals surface area contributed by atoms with Crippen LogP contribution in [-0.2, 0) is 4.79 Å². The molecule has 4 rings (SSSR count). The number of halogens is 1. The highest BCUT2D eigenvalue weighted by Crippen LogP contribution is 2.26. The molecule has 2 aliphatic rings. The van der Waals surface area contributed by atoms with E-state index in [2.05, 4.69) is 34.8 Å². The first-order valence-corrected chi connectivity index (χ1v) is 11.2. The van der Waals surface area contributed by atoms with E-state index in [1.165, 1.54) is 12.1 Å². The minimum absolute atomic E-state index is 0.0964. The fraction of sp³-hybridized carbons (Fsp3) is 0.458. The number of rotatable bonds is 7. The summed E-state index contributed by atoms with van der Waals surface area (Å²) in [5.41, 5.74) is 8.59. The lowest BCUT2D eigenvalue weighted by atomic mass is 10.0. The Morgan fingerprint density at radius 2 is 1.74 bits per heavy atom. The quantitative estimate of drug-likeness (QED) is 0.666. The number of anilines is 1. The van der Waals surface area contributed by atoms with Crippen LogP contribution in [0.3, 0.4) is 0 Å². The van der Waals surface area contributed by atoms with Gasteiger partial charge in [0.1, 0.15) is 17.6 Å². The van der Waals surface area contributed by atoms with Gasteiger partial charge in [0.05, 0.1) is 6.61 Å². The molecule has 6 nitrogen and oxygen atoms in total. The highest BCUT2D eigenvalue weighted by atomic mass is 19.1. The average molecular weight is 427 g/mol. The number of amides is 1. The van der Waals surface area contributed by atoms with Gasteiger partial charge in [0.15, 0.2) is 0 Å². The van der Waals surface area contributed by atoms with Crippen LogP contribution in [0.25, 0.3) is 0 Å². The molecular weight excluding hydrogens is 395 g/mol. The highest BCUT2D eigenvalue weighted by Gasteiger charge is 2.34. The molecule has 1 amide bonds. The summed E-state index contributed by atoms with van der Waals surface area (Å²) < 4.78 is 18.9. The van der Waals surface area contributed by atoms with E-state index in [1.807, 2.05) is 17.0 Å². The lowest BCUT2D eigenvalue weighted by Crippen LogP contribution is -2.53. The lowest BCUT2D eigenvalue weighted by molar-refractivity contribution is -0.133. The minimum atomic E-state index is -0.233. The summed E-state index contributed by atoms with van der Waals surface area (Å²) in [5, 5.41) is 0. The second-order valence-electron chi connectivity index (χ2n) is 8.19. The zero-order valence-electron chi connectivity index (χ0n) is 18.0. The fourth-order valence-corrected chi connectivity index (χ4v) is 4.12. The average Bonchev–Trinajstić information content (AvgIpc) is 3.30. The van der Waals surface area contributed by atoms with Gasteiger partial charge in [-0.25, -0.2) is 15.2 Å². The summed E-state index contributed by atoms with van der Waals surface area (Å²) >= 11 is 0. The van der Waals surface area contributed by atoms with Crippen LogP contribution in [0.5, 0.6) is 5.75 Å². The molecule has 2 unspecified atom stereocenters. The molecule has 2 aliphatic heterocycles. The SMILES string of the molecule is CCCCOc1ccc(C2CC(C(=O)N3CCN(c4ccc(F)cc4)CC3)NN2)cc1. The number of ether oxygens (including phenoxy) is 1. The van der Waals surface area contributed by atoms with E-state index < -0.39 is 0 Å². The largest absolute Gasteiger partial charge is 0.494 e. The number of carbonyl (C=O) groups is 1. The normalized spacial score (nSPS) is 21.4. The van der Waals surface area contributed by atoms with Gasteiger partial charge in [-0.2, -0.15) is 0 Å². The molecule has 0 spiro atoms. The van der Waals surface area contributed by atoms with Crippen molar-refractivity contribution in [2.24, 2.45) is 0 Å². The van der Waals surface area contributed by atoms with Crippen molar-refractivity contribution in [2.75, 3.05) is 37.7 Å². The number of unbranched alkanes of at least 4 members (excludes halogenated alkanes) is 1. The molecule has 0 saturated carbocycles. The van der Waals surface area contributed by atoms with Crippen molar-refractivity contribution in [3.8, 4) is 5.75 Å². The van der Waals surface area contributed by atoms with E-state index in [9.17, 15) is 9.18 Å². The van der Waals surface area contributed by atoms with E-state index >= 15 is 0 Å². The van der Waals surface area contributed by atoms with Crippen molar-refractivity contribution in [1.29, 1.82) is 0 Å². The molecule has 2 aromatic carbocycles. The van der Waals surface area contributed by atoms with E-state index in [0.29, 0.717) is 19.5 Å². The third kappa shape index (κ3) is 5.35. The zero-order valence-corrected chi connectivity index (χ0v) is 18.0. The second kappa shape index (κ2) is 10.1. The first-order chi connectivity index (χ1) is 15.1. The Balaban J connectivity index is 1.26. The number of benzene rings is 2. The molecule has 2 atom stereocenters. The molecule has 2 N–H and O–H groups in total. The zero-order chi connectivity index (χ0) is 21.6. The number of nitrogens with one attached hydrogen (secondary N) is 2. The summed E-state index contributed by atoms with van der Waals surface area (Å²) in [6.07, 6.45) is 2.89. The molecular formula is C24H31FN4O2. The van der Waals surface area contributed by atoms with Crippen LogP contribution >= 0.6 is 0 Å². The predicted molar refractivity (Wildman–Crippen MR) is 119 cm³/mol. The van der Waals surface area contributed by atoms with Crippen molar-refractivity contribution in [2.45, 2.75) is 38.3 Å². The van der Waals surface area contributed by atoms with Crippen LogP contribution < -0.4 is 20.5 Å². The molecule has 0 radical (unpaired) electrons. The summed E-state index contributed by atoms with van der Waals surface area (Å²) in [6.45, 7) is 5.73. The van der Waals surface area contributed by atoms with Crippen molar-refractivity contribution in [1.82, 2.24) is 15.8 Å².